The van der Waals surface area contributed by atoms with Gasteiger partial charge in [0.2, 0.25) is 0 Å². The summed E-state index contributed by atoms with van der Waals surface area (Å²) in [6, 6.07) is 12.3. The molecule has 6 heteroatoms. The van der Waals surface area contributed by atoms with Crippen molar-refractivity contribution in [3.05, 3.63) is 69.3 Å². The van der Waals surface area contributed by atoms with E-state index in [0.29, 0.717) is 5.69 Å². The van der Waals surface area contributed by atoms with Crippen molar-refractivity contribution in [2.45, 2.75) is 39.2 Å². The van der Waals surface area contributed by atoms with E-state index in [4.69, 9.17) is 4.74 Å². The van der Waals surface area contributed by atoms with Crippen molar-refractivity contribution in [2.24, 2.45) is 0 Å². The number of anilines is 1. The predicted octanol–water partition coefficient (Wildman–Crippen LogP) is 4.64. The zero-order chi connectivity index (χ0) is 19.2. The van der Waals surface area contributed by atoms with Crippen LogP contribution in [0.5, 0.6) is 0 Å². The molecule has 0 unspecified atom stereocenters. The van der Waals surface area contributed by atoms with Gasteiger partial charge in [-0.15, -0.1) is 0 Å². The van der Waals surface area contributed by atoms with E-state index >= 15 is 0 Å². The van der Waals surface area contributed by atoms with Crippen LogP contribution in [0.3, 0.4) is 0 Å². The first kappa shape index (κ1) is 18.9. The van der Waals surface area contributed by atoms with Gasteiger partial charge >= 0.3 is 5.97 Å². The lowest BCUT2D eigenvalue weighted by Crippen LogP contribution is -2.24. The van der Waals surface area contributed by atoms with Gasteiger partial charge in [-0.05, 0) is 37.5 Å². The monoisotopic (exact) mass is 368 g/mol. The first-order chi connectivity index (χ1) is 13.0. The lowest BCUT2D eigenvalue weighted by Gasteiger charge is -2.22. The van der Waals surface area contributed by atoms with Crippen LogP contribution in [-0.4, -0.2) is 24.0 Å². The average Bonchev–Trinajstić information content (AvgIpc) is 2.95. The van der Waals surface area contributed by atoms with Gasteiger partial charge in [0, 0.05) is 19.2 Å². The molecular weight excluding hydrogens is 344 g/mol. The van der Waals surface area contributed by atoms with E-state index in [1.165, 1.54) is 6.07 Å². The topological polar surface area (TPSA) is 72.7 Å². The number of nitro groups is 1. The van der Waals surface area contributed by atoms with Crippen LogP contribution in [0.25, 0.3) is 0 Å². The highest BCUT2D eigenvalue weighted by atomic mass is 16.6. The van der Waals surface area contributed by atoms with E-state index in [1.54, 1.807) is 12.1 Å². The molecule has 0 amide bonds. The lowest BCUT2D eigenvalue weighted by molar-refractivity contribution is -0.384. The zero-order valence-corrected chi connectivity index (χ0v) is 15.5. The maximum absolute atomic E-state index is 12.4. The van der Waals surface area contributed by atoms with Crippen LogP contribution in [0, 0.1) is 17.0 Å². The van der Waals surface area contributed by atoms with E-state index in [-0.39, 0.29) is 17.9 Å². The minimum absolute atomic E-state index is 0.0399. The average molecular weight is 368 g/mol. The van der Waals surface area contributed by atoms with Gasteiger partial charge in [-0.3, -0.25) is 10.1 Å². The Morgan fingerprint density at radius 1 is 1.11 bits per heavy atom. The van der Waals surface area contributed by atoms with Gasteiger partial charge in [-0.1, -0.05) is 42.7 Å². The molecular formula is C21H24N2O4. The van der Waals surface area contributed by atoms with Gasteiger partial charge in [0.05, 0.1) is 10.5 Å². The molecule has 1 heterocycles. The van der Waals surface area contributed by atoms with Crippen LogP contribution in [0.4, 0.5) is 11.4 Å². The summed E-state index contributed by atoms with van der Waals surface area (Å²) in [6.07, 6.45) is 4.34. The van der Waals surface area contributed by atoms with Gasteiger partial charge in [-0.2, -0.15) is 0 Å². The Balaban J connectivity index is 1.76. The van der Waals surface area contributed by atoms with Crippen molar-refractivity contribution in [1.29, 1.82) is 0 Å². The molecule has 0 N–H and O–H groups in total. The van der Waals surface area contributed by atoms with Gasteiger partial charge in [0.1, 0.15) is 12.3 Å². The molecule has 27 heavy (non-hydrogen) atoms. The van der Waals surface area contributed by atoms with Gasteiger partial charge < -0.3 is 9.64 Å². The Labute approximate surface area is 158 Å². The third kappa shape index (κ3) is 4.84. The molecule has 6 nitrogen and oxygen atoms in total. The second-order valence-electron chi connectivity index (χ2n) is 6.93. The fourth-order valence-corrected chi connectivity index (χ4v) is 3.41. The summed E-state index contributed by atoms with van der Waals surface area (Å²) in [6.45, 7) is 3.72. The second-order valence-corrected chi connectivity index (χ2v) is 6.93. The molecule has 0 atom stereocenters. The Hall–Kier alpha value is -2.89. The fourth-order valence-electron chi connectivity index (χ4n) is 3.41. The van der Waals surface area contributed by atoms with Crippen LogP contribution in [0.15, 0.2) is 42.5 Å². The van der Waals surface area contributed by atoms with Crippen molar-refractivity contribution < 1.29 is 14.5 Å². The number of hydrogen-bond donors (Lipinski definition) is 0. The molecule has 0 radical (unpaired) electrons. The number of carbonyl (C=O) groups excluding carboxylic acids is 1. The van der Waals surface area contributed by atoms with Crippen molar-refractivity contribution in [2.75, 3.05) is 18.0 Å². The Morgan fingerprint density at radius 2 is 1.85 bits per heavy atom. The summed E-state index contributed by atoms with van der Waals surface area (Å²) in [5.74, 6) is -0.554. The summed E-state index contributed by atoms with van der Waals surface area (Å²) < 4.78 is 5.33. The van der Waals surface area contributed by atoms with E-state index in [0.717, 1.165) is 49.9 Å². The van der Waals surface area contributed by atoms with Gasteiger partial charge in [0.25, 0.3) is 5.69 Å². The summed E-state index contributed by atoms with van der Waals surface area (Å²) >= 11 is 0. The molecule has 3 rings (SSSR count). The Morgan fingerprint density at radius 3 is 2.52 bits per heavy atom. The number of ether oxygens (including phenoxy) is 1. The number of carbonyl (C=O) groups is 1. The molecule has 0 aliphatic carbocycles. The van der Waals surface area contributed by atoms with Crippen LogP contribution in [0.2, 0.25) is 0 Å². The van der Waals surface area contributed by atoms with Crippen molar-refractivity contribution in [3.63, 3.8) is 0 Å². The maximum Gasteiger partial charge on any atom is 0.338 e. The molecule has 0 spiro atoms. The molecule has 0 bridgehead atoms. The molecule has 2 aromatic carbocycles. The number of hydrogen-bond acceptors (Lipinski definition) is 5. The predicted molar refractivity (Wildman–Crippen MR) is 104 cm³/mol. The summed E-state index contributed by atoms with van der Waals surface area (Å²) in [4.78, 5) is 25.6. The van der Waals surface area contributed by atoms with Crippen LogP contribution in [-0.2, 0) is 11.3 Å². The minimum atomic E-state index is -0.554. The zero-order valence-electron chi connectivity index (χ0n) is 15.5. The molecule has 1 fully saturated rings. The molecule has 0 aromatic heterocycles. The number of aryl methyl sites for hydroxylation is 1. The molecule has 0 saturated carbocycles. The normalized spacial score (nSPS) is 14.5. The number of nitro benzene ring substituents is 1. The van der Waals surface area contributed by atoms with Crippen molar-refractivity contribution in [1.82, 2.24) is 0 Å². The van der Waals surface area contributed by atoms with E-state index in [2.05, 4.69) is 0 Å². The summed E-state index contributed by atoms with van der Waals surface area (Å²) in [5, 5.41) is 11.6. The third-order valence-corrected chi connectivity index (χ3v) is 4.81. The number of esters is 1. The van der Waals surface area contributed by atoms with Crippen LogP contribution >= 0.6 is 0 Å². The van der Waals surface area contributed by atoms with Crippen LogP contribution < -0.4 is 4.90 Å². The first-order valence-corrected chi connectivity index (χ1v) is 9.30. The number of rotatable bonds is 5. The second kappa shape index (κ2) is 8.66. The molecule has 1 aliphatic heterocycles. The van der Waals surface area contributed by atoms with Crippen molar-refractivity contribution >= 4 is 17.3 Å². The first-order valence-electron chi connectivity index (χ1n) is 9.30. The quantitative estimate of drug-likeness (QED) is 0.437. The number of benzene rings is 2. The van der Waals surface area contributed by atoms with Crippen molar-refractivity contribution in [3.8, 4) is 0 Å². The maximum atomic E-state index is 12.4. The Bertz CT molecular complexity index is 827. The van der Waals surface area contributed by atoms with Gasteiger partial charge in [0.15, 0.2) is 0 Å². The summed E-state index contributed by atoms with van der Waals surface area (Å²) in [5.41, 5.74) is 2.71. The molecule has 1 aliphatic rings. The van der Waals surface area contributed by atoms with E-state index in [1.807, 2.05) is 36.1 Å². The minimum Gasteiger partial charge on any atom is -0.457 e. The summed E-state index contributed by atoms with van der Waals surface area (Å²) in [7, 11) is 0. The highest BCUT2D eigenvalue weighted by Gasteiger charge is 2.23. The van der Waals surface area contributed by atoms with Crippen LogP contribution in [0.1, 0.15) is 47.2 Å². The highest BCUT2D eigenvalue weighted by Crippen LogP contribution is 2.31. The molecule has 142 valence electrons. The van der Waals surface area contributed by atoms with E-state index in [9.17, 15) is 14.9 Å². The standard InChI is InChI=1S/C21H24N2O4/c1-16-7-6-8-17(13-16)15-27-21(24)18-9-10-19(20(14-18)23(25)26)22-11-4-2-3-5-12-22/h6-10,13-14H,2-5,11-12,15H2,1H3. The SMILES string of the molecule is Cc1cccc(COC(=O)c2ccc(N3CCCCCC3)c([N+](=O)[O-])c2)c1. The third-order valence-electron chi connectivity index (χ3n) is 4.81. The molecule has 1 saturated heterocycles. The Kier molecular flexibility index (Phi) is 6.06. The highest BCUT2D eigenvalue weighted by molar-refractivity contribution is 5.91. The van der Waals surface area contributed by atoms with Gasteiger partial charge in [-0.25, -0.2) is 4.79 Å². The van der Waals surface area contributed by atoms with E-state index < -0.39 is 10.9 Å². The largest absolute Gasteiger partial charge is 0.457 e. The molecule has 2 aromatic rings. The smallest absolute Gasteiger partial charge is 0.338 e. The lowest BCUT2D eigenvalue weighted by atomic mass is 10.1. The number of nitrogens with zero attached hydrogens (tertiary/aromatic N) is 2. The fraction of sp³-hybridized carbons (Fsp3) is 0.381.